The van der Waals surface area contributed by atoms with Crippen LogP contribution in [0.4, 0.5) is 0 Å². The molecule has 3 N–H and O–H groups in total. The van der Waals surface area contributed by atoms with Crippen molar-refractivity contribution < 1.29 is 19.4 Å². The molecule has 6 heteroatoms. The summed E-state index contributed by atoms with van der Waals surface area (Å²) >= 11 is 0. The summed E-state index contributed by atoms with van der Waals surface area (Å²) in [6, 6.07) is 7.48. The fourth-order valence-corrected chi connectivity index (χ4v) is 1.61. The van der Waals surface area contributed by atoms with E-state index >= 15 is 0 Å². The molecule has 20 heavy (non-hydrogen) atoms. The molecule has 0 unspecified atom stereocenters. The van der Waals surface area contributed by atoms with Crippen LogP contribution in [0, 0.1) is 0 Å². The predicted octanol–water partition coefficient (Wildman–Crippen LogP) is 0.766. The molecular weight excluding hydrogens is 260 g/mol. The first-order valence-electron chi connectivity index (χ1n) is 6.44. The molecule has 0 aromatic heterocycles. The summed E-state index contributed by atoms with van der Waals surface area (Å²) in [7, 11) is 1.60. The Morgan fingerprint density at radius 2 is 2.15 bits per heavy atom. The largest absolute Gasteiger partial charge is 0.497 e. The number of hydrogen-bond acceptors (Lipinski definition) is 4. The molecular formula is C14H20N2O4. The number of ether oxygens (including phenoxy) is 1. The molecule has 1 amide bonds. The average molecular weight is 280 g/mol. The summed E-state index contributed by atoms with van der Waals surface area (Å²) in [5.41, 5.74) is 0.962. The van der Waals surface area contributed by atoms with Gasteiger partial charge in [-0.2, -0.15) is 0 Å². The van der Waals surface area contributed by atoms with Crippen molar-refractivity contribution in [2.24, 2.45) is 0 Å². The molecule has 0 heterocycles. The summed E-state index contributed by atoms with van der Waals surface area (Å²) in [5.74, 6) is -0.194. The zero-order valence-corrected chi connectivity index (χ0v) is 11.5. The third kappa shape index (κ3) is 6.75. The van der Waals surface area contributed by atoms with E-state index in [1.165, 1.54) is 0 Å². The van der Waals surface area contributed by atoms with E-state index in [1.807, 2.05) is 24.3 Å². The lowest BCUT2D eigenvalue weighted by Crippen LogP contribution is -2.34. The maximum Gasteiger partial charge on any atom is 0.303 e. The minimum absolute atomic E-state index is 0.110. The maximum atomic E-state index is 11.5. The van der Waals surface area contributed by atoms with Crippen LogP contribution in [0.25, 0.3) is 0 Å². The Morgan fingerprint density at radius 3 is 2.85 bits per heavy atom. The number of rotatable bonds is 9. The quantitative estimate of drug-likeness (QED) is 0.581. The minimum Gasteiger partial charge on any atom is -0.497 e. The normalized spacial score (nSPS) is 10.1. The van der Waals surface area contributed by atoms with Crippen molar-refractivity contribution in [2.45, 2.75) is 19.4 Å². The second kappa shape index (κ2) is 8.92. The Bertz CT molecular complexity index is 449. The lowest BCUT2D eigenvalue weighted by atomic mass is 10.2. The molecule has 0 saturated carbocycles. The van der Waals surface area contributed by atoms with Gasteiger partial charge in [-0.3, -0.25) is 9.59 Å². The van der Waals surface area contributed by atoms with Gasteiger partial charge in [0.1, 0.15) is 5.75 Å². The number of carbonyl (C=O) groups is 2. The van der Waals surface area contributed by atoms with E-state index in [0.717, 1.165) is 11.3 Å². The molecule has 0 fully saturated rings. The zero-order chi connectivity index (χ0) is 14.8. The van der Waals surface area contributed by atoms with Gasteiger partial charge in [-0.25, -0.2) is 0 Å². The molecule has 0 aliphatic rings. The number of aliphatic carboxylic acids is 1. The van der Waals surface area contributed by atoms with Crippen LogP contribution < -0.4 is 15.4 Å². The third-order valence-corrected chi connectivity index (χ3v) is 2.65. The highest BCUT2D eigenvalue weighted by Gasteiger charge is 2.02. The first kappa shape index (κ1) is 16.0. The second-order valence-corrected chi connectivity index (χ2v) is 4.30. The zero-order valence-electron chi connectivity index (χ0n) is 11.5. The Morgan fingerprint density at radius 1 is 1.35 bits per heavy atom. The van der Waals surface area contributed by atoms with Crippen molar-refractivity contribution in [3.8, 4) is 5.75 Å². The molecule has 0 atom stereocenters. The van der Waals surface area contributed by atoms with Crippen LogP contribution >= 0.6 is 0 Å². The van der Waals surface area contributed by atoms with Gasteiger partial charge in [0, 0.05) is 13.0 Å². The highest BCUT2D eigenvalue weighted by atomic mass is 16.5. The molecule has 0 bridgehead atoms. The van der Waals surface area contributed by atoms with Gasteiger partial charge < -0.3 is 20.5 Å². The molecule has 0 spiro atoms. The van der Waals surface area contributed by atoms with Crippen molar-refractivity contribution in [3.05, 3.63) is 29.8 Å². The van der Waals surface area contributed by atoms with Gasteiger partial charge in [0.05, 0.1) is 13.7 Å². The van der Waals surface area contributed by atoms with Gasteiger partial charge in [0.15, 0.2) is 0 Å². The van der Waals surface area contributed by atoms with Crippen LogP contribution in [0.15, 0.2) is 24.3 Å². The molecule has 1 rings (SSSR count). The first-order chi connectivity index (χ1) is 9.61. The van der Waals surface area contributed by atoms with Gasteiger partial charge in [-0.1, -0.05) is 12.1 Å². The van der Waals surface area contributed by atoms with Crippen molar-refractivity contribution in [2.75, 3.05) is 20.2 Å². The van der Waals surface area contributed by atoms with Gasteiger partial charge >= 0.3 is 5.97 Å². The van der Waals surface area contributed by atoms with Crippen LogP contribution in [-0.4, -0.2) is 37.2 Å². The smallest absolute Gasteiger partial charge is 0.303 e. The number of carboxylic acids is 1. The van der Waals surface area contributed by atoms with Crippen LogP contribution in [0.1, 0.15) is 18.4 Å². The first-order valence-corrected chi connectivity index (χ1v) is 6.44. The van der Waals surface area contributed by atoms with Crippen molar-refractivity contribution in [1.82, 2.24) is 10.6 Å². The summed E-state index contributed by atoms with van der Waals surface area (Å²) in [6.45, 7) is 1.13. The Labute approximate surface area is 118 Å². The summed E-state index contributed by atoms with van der Waals surface area (Å²) in [5, 5.41) is 14.1. The van der Waals surface area contributed by atoms with E-state index in [-0.39, 0.29) is 18.9 Å². The number of methoxy groups -OCH3 is 1. The maximum absolute atomic E-state index is 11.5. The summed E-state index contributed by atoms with van der Waals surface area (Å²) < 4.78 is 5.10. The number of hydrogen-bond donors (Lipinski definition) is 3. The van der Waals surface area contributed by atoms with E-state index < -0.39 is 5.97 Å². The van der Waals surface area contributed by atoms with E-state index in [9.17, 15) is 9.59 Å². The number of nitrogens with one attached hydrogen (secondary N) is 2. The predicted molar refractivity (Wildman–Crippen MR) is 74.6 cm³/mol. The van der Waals surface area contributed by atoms with Crippen LogP contribution in [0.2, 0.25) is 0 Å². The molecule has 1 aromatic carbocycles. The molecule has 6 nitrogen and oxygen atoms in total. The summed E-state index contributed by atoms with van der Waals surface area (Å²) in [6.07, 6.45) is 0.622. The van der Waals surface area contributed by atoms with Crippen LogP contribution in [-0.2, 0) is 16.1 Å². The standard InChI is InChI=1S/C14H20N2O4/c1-20-12-5-2-4-11(8-12)9-16-13(17)10-15-7-3-6-14(18)19/h2,4-5,8,15H,3,6-7,9-10H2,1H3,(H,16,17)(H,18,19). The molecule has 0 aliphatic heterocycles. The van der Waals surface area contributed by atoms with Gasteiger partial charge in [-0.05, 0) is 30.7 Å². The lowest BCUT2D eigenvalue weighted by Gasteiger charge is -2.07. The van der Waals surface area contributed by atoms with Crippen molar-refractivity contribution >= 4 is 11.9 Å². The fourth-order valence-electron chi connectivity index (χ4n) is 1.61. The van der Waals surface area contributed by atoms with E-state index in [1.54, 1.807) is 7.11 Å². The SMILES string of the molecule is COc1cccc(CNC(=O)CNCCCC(=O)O)c1. The highest BCUT2D eigenvalue weighted by Crippen LogP contribution is 2.11. The summed E-state index contributed by atoms with van der Waals surface area (Å²) in [4.78, 5) is 21.8. The van der Waals surface area contributed by atoms with Gasteiger partial charge in [0.25, 0.3) is 0 Å². The fraction of sp³-hybridized carbons (Fsp3) is 0.429. The molecule has 0 radical (unpaired) electrons. The number of benzene rings is 1. The molecule has 0 saturated heterocycles. The highest BCUT2D eigenvalue weighted by molar-refractivity contribution is 5.78. The van der Waals surface area contributed by atoms with Gasteiger partial charge in [-0.15, -0.1) is 0 Å². The minimum atomic E-state index is -0.825. The monoisotopic (exact) mass is 280 g/mol. The van der Waals surface area contributed by atoms with Crippen molar-refractivity contribution in [3.63, 3.8) is 0 Å². The van der Waals surface area contributed by atoms with Crippen LogP contribution in [0.5, 0.6) is 5.75 Å². The number of carboxylic acid groups (broad SMARTS) is 1. The van der Waals surface area contributed by atoms with Gasteiger partial charge in [0.2, 0.25) is 5.91 Å². The molecule has 1 aromatic rings. The average Bonchev–Trinajstić information content (AvgIpc) is 2.44. The van der Waals surface area contributed by atoms with E-state index in [4.69, 9.17) is 9.84 Å². The van der Waals surface area contributed by atoms with Crippen LogP contribution in [0.3, 0.4) is 0 Å². The van der Waals surface area contributed by atoms with E-state index in [2.05, 4.69) is 10.6 Å². The lowest BCUT2D eigenvalue weighted by molar-refractivity contribution is -0.137. The Balaban J connectivity index is 2.17. The second-order valence-electron chi connectivity index (χ2n) is 4.30. The number of amides is 1. The third-order valence-electron chi connectivity index (χ3n) is 2.65. The number of carbonyl (C=O) groups excluding carboxylic acids is 1. The van der Waals surface area contributed by atoms with Crippen molar-refractivity contribution in [1.29, 1.82) is 0 Å². The topological polar surface area (TPSA) is 87.7 Å². The molecule has 0 aliphatic carbocycles. The van der Waals surface area contributed by atoms with E-state index in [0.29, 0.717) is 19.5 Å². The molecule has 110 valence electrons. The Hall–Kier alpha value is -2.08. The Kier molecular flexibility index (Phi) is 7.13.